The Morgan fingerprint density at radius 2 is 2.11 bits per heavy atom. The van der Waals surface area contributed by atoms with Crippen molar-refractivity contribution in [3.8, 4) is 0 Å². The predicted octanol–water partition coefficient (Wildman–Crippen LogP) is 2.80. The lowest BCUT2D eigenvalue weighted by Gasteiger charge is -2.25. The van der Waals surface area contributed by atoms with E-state index in [1.54, 1.807) is 0 Å². The molecule has 19 heavy (non-hydrogen) atoms. The van der Waals surface area contributed by atoms with E-state index < -0.39 is 0 Å². The molecule has 3 nitrogen and oxygen atoms in total. The van der Waals surface area contributed by atoms with Crippen LogP contribution in [0, 0.1) is 0 Å². The number of hydrogen-bond donors (Lipinski definition) is 1. The molecule has 0 aromatic heterocycles. The number of thioether (sulfide) groups is 1. The van der Waals surface area contributed by atoms with Gasteiger partial charge in [0.15, 0.2) is 0 Å². The van der Waals surface area contributed by atoms with Crippen molar-refractivity contribution in [2.45, 2.75) is 32.2 Å². The normalized spacial score (nSPS) is 12.2. The van der Waals surface area contributed by atoms with Crippen molar-refractivity contribution in [1.82, 2.24) is 4.90 Å². The standard InChI is InChI=1S/C15H24N2OS/c1-12(10-11-19-3)17(2)15(18)9-8-13-6-4-5-7-14(13)16/h4-7,12H,8-11,16H2,1-3H3. The monoisotopic (exact) mass is 280 g/mol. The zero-order valence-corrected chi connectivity index (χ0v) is 12.9. The third kappa shape index (κ3) is 5.15. The first-order valence-electron chi connectivity index (χ1n) is 6.64. The number of carbonyl (C=O) groups excluding carboxylic acids is 1. The molecule has 1 rings (SSSR count). The van der Waals surface area contributed by atoms with Crippen LogP contribution in [0.4, 0.5) is 5.69 Å². The highest BCUT2D eigenvalue weighted by atomic mass is 32.2. The second-order valence-electron chi connectivity index (χ2n) is 4.83. The summed E-state index contributed by atoms with van der Waals surface area (Å²) in [6.45, 7) is 2.10. The van der Waals surface area contributed by atoms with Gasteiger partial charge in [-0.05, 0) is 43.4 Å². The molecule has 0 bridgehead atoms. The van der Waals surface area contributed by atoms with Gasteiger partial charge in [0, 0.05) is 25.2 Å². The van der Waals surface area contributed by atoms with Crippen LogP contribution in [0.5, 0.6) is 0 Å². The summed E-state index contributed by atoms with van der Waals surface area (Å²) in [6.07, 6.45) is 4.36. The molecule has 1 unspecified atom stereocenters. The van der Waals surface area contributed by atoms with E-state index in [0.717, 1.165) is 23.4 Å². The van der Waals surface area contributed by atoms with Crippen LogP contribution in [0.25, 0.3) is 0 Å². The number of hydrogen-bond acceptors (Lipinski definition) is 3. The third-order valence-corrected chi connectivity index (χ3v) is 4.10. The minimum atomic E-state index is 0.192. The quantitative estimate of drug-likeness (QED) is 0.781. The van der Waals surface area contributed by atoms with Crippen molar-refractivity contribution in [1.29, 1.82) is 0 Å². The lowest BCUT2D eigenvalue weighted by atomic mass is 10.1. The number of aryl methyl sites for hydroxylation is 1. The van der Waals surface area contributed by atoms with Crippen molar-refractivity contribution in [2.24, 2.45) is 0 Å². The van der Waals surface area contributed by atoms with Gasteiger partial charge in [0.2, 0.25) is 5.91 Å². The highest BCUT2D eigenvalue weighted by Crippen LogP contribution is 2.14. The molecular formula is C15H24N2OS. The van der Waals surface area contributed by atoms with Crippen LogP contribution in [-0.2, 0) is 11.2 Å². The molecule has 0 aliphatic heterocycles. The van der Waals surface area contributed by atoms with E-state index in [4.69, 9.17) is 5.73 Å². The maximum absolute atomic E-state index is 12.1. The fourth-order valence-electron chi connectivity index (χ4n) is 1.91. The van der Waals surface area contributed by atoms with Gasteiger partial charge in [-0.25, -0.2) is 0 Å². The summed E-state index contributed by atoms with van der Waals surface area (Å²) in [4.78, 5) is 14.0. The van der Waals surface area contributed by atoms with Crippen LogP contribution in [-0.4, -0.2) is 35.9 Å². The fraction of sp³-hybridized carbons (Fsp3) is 0.533. The number of carbonyl (C=O) groups is 1. The Labute approximate surface area is 120 Å². The van der Waals surface area contributed by atoms with Gasteiger partial charge >= 0.3 is 0 Å². The summed E-state index contributed by atoms with van der Waals surface area (Å²) in [5, 5.41) is 0. The predicted molar refractivity (Wildman–Crippen MR) is 84.4 cm³/mol. The van der Waals surface area contributed by atoms with E-state index in [2.05, 4.69) is 13.2 Å². The first-order valence-corrected chi connectivity index (χ1v) is 8.03. The highest BCUT2D eigenvalue weighted by molar-refractivity contribution is 7.98. The Kier molecular flexibility index (Phi) is 6.78. The van der Waals surface area contributed by atoms with E-state index in [1.807, 2.05) is 48.0 Å². The second kappa shape index (κ2) is 8.10. The SMILES string of the molecule is CSCCC(C)N(C)C(=O)CCc1ccccc1N. The van der Waals surface area contributed by atoms with Crippen LogP contribution in [0.2, 0.25) is 0 Å². The van der Waals surface area contributed by atoms with Gasteiger partial charge < -0.3 is 10.6 Å². The number of rotatable bonds is 7. The van der Waals surface area contributed by atoms with E-state index in [-0.39, 0.29) is 5.91 Å². The summed E-state index contributed by atoms with van der Waals surface area (Å²) >= 11 is 1.82. The molecule has 1 aromatic rings. The van der Waals surface area contributed by atoms with Crippen molar-refractivity contribution in [2.75, 3.05) is 24.8 Å². The molecule has 0 aliphatic rings. The molecule has 106 valence electrons. The molecule has 0 saturated carbocycles. The number of amides is 1. The summed E-state index contributed by atoms with van der Waals surface area (Å²) in [5.74, 6) is 1.28. The zero-order valence-electron chi connectivity index (χ0n) is 12.1. The van der Waals surface area contributed by atoms with Crippen LogP contribution in [0.1, 0.15) is 25.3 Å². The third-order valence-electron chi connectivity index (χ3n) is 3.46. The number of para-hydroxylation sites is 1. The zero-order chi connectivity index (χ0) is 14.3. The lowest BCUT2D eigenvalue weighted by Crippen LogP contribution is -2.35. The summed E-state index contributed by atoms with van der Waals surface area (Å²) in [6, 6.07) is 8.04. The maximum Gasteiger partial charge on any atom is 0.222 e. The van der Waals surface area contributed by atoms with Crippen LogP contribution in [0.3, 0.4) is 0 Å². The van der Waals surface area contributed by atoms with Crippen molar-refractivity contribution in [3.63, 3.8) is 0 Å². The molecular weight excluding hydrogens is 256 g/mol. The Morgan fingerprint density at radius 3 is 2.74 bits per heavy atom. The molecule has 4 heteroatoms. The Bertz CT molecular complexity index is 409. The molecule has 1 atom stereocenters. The number of nitrogens with two attached hydrogens (primary N) is 1. The highest BCUT2D eigenvalue weighted by Gasteiger charge is 2.15. The van der Waals surface area contributed by atoms with E-state index in [0.29, 0.717) is 18.9 Å². The molecule has 0 fully saturated rings. The van der Waals surface area contributed by atoms with E-state index >= 15 is 0 Å². The van der Waals surface area contributed by atoms with Gasteiger partial charge in [0.1, 0.15) is 0 Å². The van der Waals surface area contributed by atoms with Gasteiger partial charge in [-0.3, -0.25) is 4.79 Å². The van der Waals surface area contributed by atoms with Gasteiger partial charge in [-0.15, -0.1) is 0 Å². The Hall–Kier alpha value is -1.16. The van der Waals surface area contributed by atoms with Crippen molar-refractivity contribution in [3.05, 3.63) is 29.8 Å². The maximum atomic E-state index is 12.1. The molecule has 0 heterocycles. The number of anilines is 1. The minimum absolute atomic E-state index is 0.192. The van der Waals surface area contributed by atoms with Crippen LogP contribution >= 0.6 is 11.8 Å². The Balaban J connectivity index is 2.44. The molecule has 0 spiro atoms. The van der Waals surface area contributed by atoms with Gasteiger partial charge in [-0.2, -0.15) is 11.8 Å². The second-order valence-corrected chi connectivity index (χ2v) is 5.82. The molecule has 1 amide bonds. The van der Waals surface area contributed by atoms with Crippen LogP contribution in [0.15, 0.2) is 24.3 Å². The van der Waals surface area contributed by atoms with Gasteiger partial charge in [0.25, 0.3) is 0 Å². The molecule has 0 saturated heterocycles. The first-order chi connectivity index (χ1) is 9.06. The van der Waals surface area contributed by atoms with E-state index in [1.165, 1.54) is 0 Å². The number of nitrogens with zero attached hydrogens (tertiary/aromatic N) is 1. The summed E-state index contributed by atoms with van der Waals surface area (Å²) in [7, 11) is 1.89. The fourth-order valence-corrected chi connectivity index (χ4v) is 2.48. The molecule has 1 aromatic carbocycles. The number of nitrogen functional groups attached to an aromatic ring is 1. The minimum Gasteiger partial charge on any atom is -0.399 e. The Morgan fingerprint density at radius 1 is 1.42 bits per heavy atom. The molecule has 0 aliphatic carbocycles. The average Bonchev–Trinajstić information content (AvgIpc) is 2.42. The van der Waals surface area contributed by atoms with Gasteiger partial charge in [0.05, 0.1) is 0 Å². The molecule has 2 N–H and O–H groups in total. The summed E-state index contributed by atoms with van der Waals surface area (Å²) < 4.78 is 0. The number of benzene rings is 1. The van der Waals surface area contributed by atoms with Crippen LogP contribution < -0.4 is 5.73 Å². The van der Waals surface area contributed by atoms with Crippen molar-refractivity contribution < 1.29 is 4.79 Å². The smallest absolute Gasteiger partial charge is 0.222 e. The molecule has 0 radical (unpaired) electrons. The van der Waals surface area contributed by atoms with E-state index in [9.17, 15) is 4.79 Å². The first kappa shape index (κ1) is 15.9. The van der Waals surface area contributed by atoms with Gasteiger partial charge in [-0.1, -0.05) is 18.2 Å². The topological polar surface area (TPSA) is 46.3 Å². The summed E-state index contributed by atoms with van der Waals surface area (Å²) in [5.41, 5.74) is 7.71. The largest absolute Gasteiger partial charge is 0.399 e. The lowest BCUT2D eigenvalue weighted by molar-refractivity contribution is -0.131. The average molecular weight is 280 g/mol. The van der Waals surface area contributed by atoms with Crippen molar-refractivity contribution >= 4 is 23.4 Å².